The minimum atomic E-state index is -0.221. The zero-order chi connectivity index (χ0) is 19.2. The summed E-state index contributed by atoms with van der Waals surface area (Å²) in [5.41, 5.74) is 1.88. The molecule has 0 radical (unpaired) electrons. The van der Waals surface area contributed by atoms with Crippen molar-refractivity contribution in [3.63, 3.8) is 0 Å². The zero-order valence-corrected chi connectivity index (χ0v) is 17.5. The van der Waals surface area contributed by atoms with Gasteiger partial charge in [-0.15, -0.1) is 0 Å². The summed E-state index contributed by atoms with van der Waals surface area (Å²) in [6.45, 7) is 3.97. The van der Waals surface area contributed by atoms with Crippen LogP contribution in [0.5, 0.6) is 0 Å². The van der Waals surface area contributed by atoms with Gasteiger partial charge < -0.3 is 10.6 Å². The minimum absolute atomic E-state index is 0.00541. The molecule has 5 nitrogen and oxygen atoms in total. The molecule has 1 aliphatic heterocycles. The van der Waals surface area contributed by atoms with Crippen LogP contribution in [0, 0.1) is 3.57 Å². The van der Waals surface area contributed by atoms with Crippen LogP contribution in [0.3, 0.4) is 0 Å². The molecule has 2 aromatic carbocycles. The van der Waals surface area contributed by atoms with Gasteiger partial charge in [-0.3, -0.25) is 14.5 Å². The molecule has 6 heteroatoms. The van der Waals surface area contributed by atoms with Crippen molar-refractivity contribution in [3.05, 3.63) is 69.3 Å². The maximum Gasteiger partial charge on any atom is 0.252 e. The van der Waals surface area contributed by atoms with Crippen molar-refractivity contribution < 1.29 is 9.59 Å². The molecule has 1 saturated heterocycles. The molecule has 0 spiro atoms. The lowest BCUT2D eigenvalue weighted by Crippen LogP contribution is -2.43. The van der Waals surface area contributed by atoms with Gasteiger partial charge in [0.05, 0.1) is 12.1 Å². The molecule has 3 rings (SSSR count). The van der Waals surface area contributed by atoms with E-state index in [0.29, 0.717) is 11.6 Å². The molecule has 2 amide bonds. The Morgan fingerprint density at radius 1 is 1.15 bits per heavy atom. The van der Waals surface area contributed by atoms with E-state index in [2.05, 4.69) is 69.3 Å². The first kappa shape index (κ1) is 19.8. The van der Waals surface area contributed by atoms with Crippen LogP contribution in [0.15, 0.2) is 54.6 Å². The van der Waals surface area contributed by atoms with Crippen LogP contribution in [0.4, 0.5) is 0 Å². The van der Waals surface area contributed by atoms with Gasteiger partial charge in [0.2, 0.25) is 5.91 Å². The third kappa shape index (κ3) is 5.29. The van der Waals surface area contributed by atoms with E-state index < -0.39 is 0 Å². The number of nitrogens with one attached hydrogen (secondary N) is 2. The zero-order valence-electron chi connectivity index (χ0n) is 15.3. The lowest BCUT2D eigenvalue weighted by atomic mass is 10.1. The van der Waals surface area contributed by atoms with Gasteiger partial charge >= 0.3 is 0 Å². The van der Waals surface area contributed by atoms with E-state index in [4.69, 9.17) is 0 Å². The average molecular weight is 477 g/mol. The summed E-state index contributed by atoms with van der Waals surface area (Å²) in [6.07, 6.45) is 0.924. The van der Waals surface area contributed by atoms with Crippen LogP contribution in [-0.2, 0) is 4.79 Å². The molecule has 2 atom stereocenters. The number of carbonyl (C=O) groups excluding carboxylic acids is 2. The predicted molar refractivity (Wildman–Crippen MR) is 114 cm³/mol. The Hall–Kier alpha value is -1.93. The van der Waals surface area contributed by atoms with E-state index in [1.54, 1.807) is 6.07 Å². The maximum atomic E-state index is 12.2. The lowest BCUT2D eigenvalue weighted by Gasteiger charge is -2.24. The average Bonchev–Trinajstić information content (AvgIpc) is 3.15. The Morgan fingerprint density at radius 3 is 2.59 bits per heavy atom. The first-order chi connectivity index (χ1) is 13.0. The maximum absolute atomic E-state index is 12.2. The molecule has 0 aromatic heterocycles. The Morgan fingerprint density at radius 2 is 1.85 bits per heavy atom. The van der Waals surface area contributed by atoms with Crippen LogP contribution >= 0.6 is 22.6 Å². The van der Waals surface area contributed by atoms with Gasteiger partial charge in [0.1, 0.15) is 0 Å². The highest BCUT2D eigenvalue weighted by Crippen LogP contribution is 2.24. The van der Waals surface area contributed by atoms with Crippen LogP contribution < -0.4 is 10.6 Å². The number of hydrogen-bond donors (Lipinski definition) is 2. The third-order valence-corrected chi connectivity index (χ3v) is 5.88. The van der Waals surface area contributed by atoms with Gasteiger partial charge in [0.15, 0.2) is 0 Å². The second-order valence-electron chi connectivity index (χ2n) is 6.80. The van der Waals surface area contributed by atoms with E-state index in [0.717, 1.165) is 23.1 Å². The van der Waals surface area contributed by atoms with Gasteiger partial charge in [0.25, 0.3) is 5.91 Å². The fourth-order valence-corrected chi connectivity index (χ4v) is 4.01. The summed E-state index contributed by atoms with van der Waals surface area (Å²) in [7, 11) is 0. The molecule has 0 aliphatic carbocycles. The fraction of sp³-hybridized carbons (Fsp3) is 0.333. The molecule has 0 bridgehead atoms. The molecule has 0 saturated carbocycles. The first-order valence-electron chi connectivity index (χ1n) is 9.15. The Labute approximate surface area is 173 Å². The number of carbonyl (C=O) groups is 2. The molecule has 1 aliphatic rings. The van der Waals surface area contributed by atoms with E-state index in [-0.39, 0.29) is 24.4 Å². The normalized spacial score (nSPS) is 18.1. The summed E-state index contributed by atoms with van der Waals surface area (Å²) in [4.78, 5) is 26.8. The van der Waals surface area contributed by atoms with Crippen LogP contribution in [-0.4, -0.2) is 42.4 Å². The predicted octanol–water partition coefficient (Wildman–Crippen LogP) is 2.97. The number of hydrogen-bond acceptors (Lipinski definition) is 3. The molecule has 2 aromatic rings. The summed E-state index contributed by atoms with van der Waals surface area (Å²) in [6, 6.07) is 18.2. The van der Waals surface area contributed by atoms with Crippen molar-refractivity contribution in [2.45, 2.75) is 25.4 Å². The van der Waals surface area contributed by atoms with E-state index in [1.165, 1.54) is 5.56 Å². The molecular formula is C21H24IN3O2. The second kappa shape index (κ2) is 9.32. The first-order valence-corrected chi connectivity index (χ1v) is 10.2. The molecule has 2 unspecified atom stereocenters. The van der Waals surface area contributed by atoms with Crippen molar-refractivity contribution in [2.24, 2.45) is 0 Å². The van der Waals surface area contributed by atoms with Crippen molar-refractivity contribution in [2.75, 3.05) is 19.6 Å². The quantitative estimate of drug-likeness (QED) is 0.630. The molecule has 1 heterocycles. The van der Waals surface area contributed by atoms with Gasteiger partial charge in [-0.05, 0) is 53.6 Å². The van der Waals surface area contributed by atoms with Crippen molar-refractivity contribution in [1.82, 2.24) is 15.5 Å². The Bertz CT molecular complexity index is 797. The molecule has 1 fully saturated rings. The van der Waals surface area contributed by atoms with Gasteiger partial charge in [-0.1, -0.05) is 42.5 Å². The van der Waals surface area contributed by atoms with Crippen molar-refractivity contribution in [3.8, 4) is 0 Å². The smallest absolute Gasteiger partial charge is 0.252 e. The van der Waals surface area contributed by atoms with E-state index >= 15 is 0 Å². The third-order valence-electron chi connectivity index (χ3n) is 4.94. The Balaban J connectivity index is 1.45. The highest BCUT2D eigenvalue weighted by atomic mass is 127. The summed E-state index contributed by atoms with van der Waals surface area (Å²) in [5, 5.41) is 5.74. The number of benzene rings is 2. The van der Waals surface area contributed by atoms with Crippen LogP contribution in [0.2, 0.25) is 0 Å². The van der Waals surface area contributed by atoms with Crippen molar-refractivity contribution in [1.29, 1.82) is 0 Å². The fourth-order valence-electron chi connectivity index (χ4n) is 3.38. The van der Waals surface area contributed by atoms with E-state index in [9.17, 15) is 9.59 Å². The molecule has 142 valence electrons. The SMILES string of the molecule is CC(c1ccccc1)N1CCC(NC(=O)CNC(=O)c2ccccc2I)C1. The largest absolute Gasteiger partial charge is 0.350 e. The summed E-state index contributed by atoms with van der Waals surface area (Å²) >= 11 is 2.12. The number of amides is 2. The number of rotatable bonds is 6. The topological polar surface area (TPSA) is 61.4 Å². The second-order valence-corrected chi connectivity index (χ2v) is 7.96. The van der Waals surface area contributed by atoms with Crippen LogP contribution in [0.25, 0.3) is 0 Å². The highest BCUT2D eigenvalue weighted by molar-refractivity contribution is 14.1. The number of nitrogens with zero attached hydrogens (tertiary/aromatic N) is 1. The summed E-state index contributed by atoms with van der Waals surface area (Å²) in [5.74, 6) is -0.366. The van der Waals surface area contributed by atoms with Gasteiger partial charge in [-0.2, -0.15) is 0 Å². The highest BCUT2D eigenvalue weighted by Gasteiger charge is 2.27. The minimum Gasteiger partial charge on any atom is -0.350 e. The summed E-state index contributed by atoms with van der Waals surface area (Å²) < 4.78 is 0.870. The molecular weight excluding hydrogens is 453 g/mol. The van der Waals surface area contributed by atoms with Gasteiger partial charge in [-0.25, -0.2) is 0 Å². The number of halogens is 1. The number of likely N-dealkylation sites (tertiary alicyclic amines) is 1. The molecule has 2 N–H and O–H groups in total. The standard InChI is InChI=1S/C21H24IN3O2/c1-15(16-7-3-2-4-8-16)25-12-11-17(14-25)24-20(26)13-23-21(27)18-9-5-6-10-19(18)22/h2-10,15,17H,11-14H2,1H3,(H,23,27)(H,24,26). The lowest BCUT2D eigenvalue weighted by molar-refractivity contribution is -0.120. The van der Waals surface area contributed by atoms with Gasteiger partial charge in [0, 0.05) is 28.7 Å². The van der Waals surface area contributed by atoms with Crippen LogP contribution in [0.1, 0.15) is 35.3 Å². The molecule has 27 heavy (non-hydrogen) atoms. The van der Waals surface area contributed by atoms with E-state index in [1.807, 2.05) is 24.3 Å². The monoisotopic (exact) mass is 477 g/mol. The van der Waals surface area contributed by atoms with Crippen molar-refractivity contribution >= 4 is 34.4 Å². The Kier molecular flexibility index (Phi) is 6.84.